The van der Waals surface area contributed by atoms with Gasteiger partial charge >= 0.3 is 5.97 Å². The van der Waals surface area contributed by atoms with Crippen LogP contribution in [0.3, 0.4) is 0 Å². The number of aliphatic carboxylic acids is 1. The summed E-state index contributed by atoms with van der Waals surface area (Å²) in [6.07, 6.45) is 4.22. The fraction of sp³-hybridized carbons (Fsp3) is 0.267. The highest BCUT2D eigenvalue weighted by molar-refractivity contribution is 5.87. The van der Waals surface area contributed by atoms with Crippen LogP contribution in [0, 0.1) is 0 Å². The molecule has 0 fully saturated rings. The van der Waals surface area contributed by atoms with Crippen LogP contribution in [0.1, 0.15) is 13.3 Å². The minimum absolute atomic E-state index is 0.435. The predicted octanol–water partition coefficient (Wildman–Crippen LogP) is 3.07. The summed E-state index contributed by atoms with van der Waals surface area (Å²) in [7, 11) is 1.64. The van der Waals surface area contributed by atoms with Crippen LogP contribution < -0.4 is 4.74 Å². The van der Waals surface area contributed by atoms with Crippen LogP contribution in [0.15, 0.2) is 42.1 Å². The molecule has 0 saturated carbocycles. The quantitative estimate of drug-likeness (QED) is 0.839. The Kier molecular flexibility index (Phi) is 3.90. The van der Waals surface area contributed by atoms with Gasteiger partial charge in [-0.2, -0.15) is 0 Å². The molecule has 0 saturated heterocycles. The first-order chi connectivity index (χ1) is 9.17. The summed E-state index contributed by atoms with van der Waals surface area (Å²) in [6, 6.07) is 7.82. The molecular weight excluding hydrogens is 242 g/mol. The van der Waals surface area contributed by atoms with E-state index in [1.54, 1.807) is 13.2 Å². The van der Waals surface area contributed by atoms with Gasteiger partial charge in [0.1, 0.15) is 5.75 Å². The minimum Gasteiger partial charge on any atom is -0.496 e. The number of carboxylic acid groups (broad SMARTS) is 1. The lowest BCUT2D eigenvalue weighted by Gasteiger charge is -2.05. The molecule has 1 N–H and O–H groups in total. The van der Waals surface area contributed by atoms with E-state index in [2.05, 4.69) is 0 Å². The monoisotopic (exact) mass is 259 g/mol. The zero-order chi connectivity index (χ0) is 13.8. The number of aromatic nitrogens is 1. The Balaban J connectivity index is 2.34. The standard InChI is InChI=1S/C15H17NO3/c1-3-11(15(17)18)7-9-16-10-8-12-13(16)5-4-6-14(12)19-2/h4-8,10H,3,9H2,1-2H3,(H,17,18)/b11-7-. The molecule has 1 heterocycles. The normalized spacial score (nSPS) is 11.8. The molecule has 0 amide bonds. The van der Waals surface area contributed by atoms with E-state index in [9.17, 15) is 4.79 Å². The van der Waals surface area contributed by atoms with Gasteiger partial charge in [0.2, 0.25) is 0 Å². The van der Waals surface area contributed by atoms with Crippen LogP contribution in [0.25, 0.3) is 10.9 Å². The Morgan fingerprint density at radius 3 is 2.84 bits per heavy atom. The molecule has 0 aliphatic rings. The number of allylic oxidation sites excluding steroid dienone is 1. The maximum Gasteiger partial charge on any atom is 0.331 e. The van der Waals surface area contributed by atoms with E-state index in [-0.39, 0.29) is 0 Å². The molecule has 4 nitrogen and oxygen atoms in total. The number of fused-ring (bicyclic) bond motifs is 1. The number of hydrogen-bond donors (Lipinski definition) is 1. The zero-order valence-electron chi connectivity index (χ0n) is 11.1. The molecular formula is C15H17NO3. The Hall–Kier alpha value is -2.23. The van der Waals surface area contributed by atoms with Gasteiger partial charge in [-0.3, -0.25) is 0 Å². The number of ether oxygens (including phenoxy) is 1. The molecule has 2 aromatic rings. The summed E-state index contributed by atoms with van der Waals surface area (Å²) in [5.41, 5.74) is 1.47. The third-order valence-electron chi connectivity index (χ3n) is 3.18. The SMILES string of the molecule is CC/C(=C/Cn1ccc2c(OC)cccc21)C(=O)O. The number of carbonyl (C=O) groups is 1. The Morgan fingerprint density at radius 1 is 1.42 bits per heavy atom. The Bertz CT molecular complexity index is 625. The lowest BCUT2D eigenvalue weighted by Crippen LogP contribution is -2.02. The highest BCUT2D eigenvalue weighted by atomic mass is 16.5. The highest BCUT2D eigenvalue weighted by Crippen LogP contribution is 2.26. The van der Waals surface area contributed by atoms with Crippen LogP contribution >= 0.6 is 0 Å². The third kappa shape index (κ3) is 2.62. The van der Waals surface area contributed by atoms with Crippen LogP contribution in [0.2, 0.25) is 0 Å². The van der Waals surface area contributed by atoms with Gasteiger partial charge in [0.25, 0.3) is 0 Å². The van der Waals surface area contributed by atoms with E-state index in [0.29, 0.717) is 18.5 Å². The van der Waals surface area contributed by atoms with E-state index in [1.165, 1.54) is 0 Å². The fourth-order valence-corrected chi connectivity index (χ4v) is 2.12. The number of carboxylic acids is 1. The maximum atomic E-state index is 11.0. The summed E-state index contributed by atoms with van der Waals surface area (Å²) in [5, 5.41) is 10.0. The molecule has 0 spiro atoms. The number of rotatable bonds is 5. The Morgan fingerprint density at radius 2 is 2.21 bits per heavy atom. The minimum atomic E-state index is -0.850. The maximum absolute atomic E-state index is 11.0. The Labute approximate surface area is 111 Å². The predicted molar refractivity (Wildman–Crippen MR) is 74.5 cm³/mol. The van der Waals surface area contributed by atoms with Crippen molar-refractivity contribution >= 4 is 16.9 Å². The van der Waals surface area contributed by atoms with Crippen molar-refractivity contribution in [1.29, 1.82) is 0 Å². The number of nitrogens with zero attached hydrogens (tertiary/aromatic N) is 1. The van der Waals surface area contributed by atoms with Crippen LogP contribution in [0.5, 0.6) is 5.75 Å². The average Bonchev–Trinajstić information content (AvgIpc) is 2.82. The van der Waals surface area contributed by atoms with Crippen LogP contribution in [0.4, 0.5) is 0 Å². The van der Waals surface area contributed by atoms with E-state index >= 15 is 0 Å². The van der Waals surface area contributed by atoms with Crippen molar-refractivity contribution in [3.05, 3.63) is 42.1 Å². The molecule has 0 aliphatic heterocycles. The molecule has 4 heteroatoms. The van der Waals surface area contributed by atoms with Gasteiger partial charge in [0.15, 0.2) is 0 Å². The molecule has 0 atom stereocenters. The van der Waals surface area contributed by atoms with Crippen molar-refractivity contribution in [2.24, 2.45) is 0 Å². The highest BCUT2D eigenvalue weighted by Gasteiger charge is 2.07. The van der Waals surface area contributed by atoms with Gasteiger partial charge in [-0.15, -0.1) is 0 Å². The summed E-state index contributed by atoms with van der Waals surface area (Å²) in [5.74, 6) is -0.0225. The second kappa shape index (κ2) is 5.61. The van der Waals surface area contributed by atoms with Crippen molar-refractivity contribution in [3.8, 4) is 5.75 Å². The molecule has 0 unspecified atom stereocenters. The van der Waals surface area contributed by atoms with Gasteiger partial charge in [-0.25, -0.2) is 4.79 Å². The largest absolute Gasteiger partial charge is 0.496 e. The molecule has 0 radical (unpaired) electrons. The topological polar surface area (TPSA) is 51.5 Å². The summed E-state index contributed by atoms with van der Waals surface area (Å²) >= 11 is 0. The first-order valence-corrected chi connectivity index (χ1v) is 6.21. The van der Waals surface area contributed by atoms with Crippen LogP contribution in [-0.2, 0) is 11.3 Å². The van der Waals surface area contributed by atoms with Crippen molar-refractivity contribution in [3.63, 3.8) is 0 Å². The van der Waals surface area contributed by atoms with E-state index in [4.69, 9.17) is 9.84 Å². The van der Waals surface area contributed by atoms with Gasteiger partial charge in [0, 0.05) is 23.7 Å². The second-order valence-corrected chi connectivity index (χ2v) is 4.25. The van der Waals surface area contributed by atoms with E-state index in [1.807, 2.05) is 42.0 Å². The van der Waals surface area contributed by atoms with Crippen molar-refractivity contribution in [1.82, 2.24) is 4.57 Å². The first kappa shape index (κ1) is 13.2. The number of methoxy groups -OCH3 is 1. The van der Waals surface area contributed by atoms with Crippen molar-refractivity contribution in [2.45, 2.75) is 19.9 Å². The molecule has 1 aromatic carbocycles. The summed E-state index contributed by atoms with van der Waals surface area (Å²) < 4.78 is 7.31. The molecule has 2 rings (SSSR count). The lowest BCUT2D eigenvalue weighted by molar-refractivity contribution is -0.132. The zero-order valence-corrected chi connectivity index (χ0v) is 11.1. The number of hydrogen-bond acceptors (Lipinski definition) is 2. The van der Waals surface area contributed by atoms with Gasteiger partial charge in [-0.05, 0) is 24.6 Å². The van der Waals surface area contributed by atoms with Gasteiger partial charge < -0.3 is 14.4 Å². The molecule has 19 heavy (non-hydrogen) atoms. The first-order valence-electron chi connectivity index (χ1n) is 6.21. The third-order valence-corrected chi connectivity index (χ3v) is 3.18. The smallest absolute Gasteiger partial charge is 0.331 e. The second-order valence-electron chi connectivity index (χ2n) is 4.25. The van der Waals surface area contributed by atoms with Gasteiger partial charge in [0.05, 0.1) is 12.6 Å². The summed E-state index contributed by atoms with van der Waals surface area (Å²) in [4.78, 5) is 11.0. The molecule has 100 valence electrons. The lowest BCUT2D eigenvalue weighted by atomic mass is 10.2. The summed E-state index contributed by atoms with van der Waals surface area (Å²) in [6.45, 7) is 2.39. The molecule has 0 aliphatic carbocycles. The van der Waals surface area contributed by atoms with E-state index in [0.717, 1.165) is 16.7 Å². The average molecular weight is 259 g/mol. The van der Waals surface area contributed by atoms with E-state index < -0.39 is 5.97 Å². The van der Waals surface area contributed by atoms with Crippen molar-refractivity contribution in [2.75, 3.05) is 7.11 Å². The molecule has 0 bridgehead atoms. The van der Waals surface area contributed by atoms with Crippen LogP contribution in [-0.4, -0.2) is 22.8 Å². The molecule has 1 aromatic heterocycles. The number of benzene rings is 1. The fourth-order valence-electron chi connectivity index (χ4n) is 2.12. The van der Waals surface area contributed by atoms with Gasteiger partial charge in [-0.1, -0.05) is 19.1 Å². The van der Waals surface area contributed by atoms with Crippen molar-refractivity contribution < 1.29 is 14.6 Å².